The van der Waals surface area contributed by atoms with Gasteiger partial charge in [0.05, 0.1) is 0 Å². The van der Waals surface area contributed by atoms with Crippen LogP contribution in [0.3, 0.4) is 0 Å². The van der Waals surface area contributed by atoms with Crippen molar-refractivity contribution in [3.63, 3.8) is 0 Å². The number of aromatic nitrogens is 3. The molecule has 0 spiro atoms. The molecule has 4 fully saturated rings. The van der Waals surface area contributed by atoms with Crippen LogP contribution in [0.4, 0.5) is 5.13 Å². The van der Waals surface area contributed by atoms with Crippen molar-refractivity contribution in [2.24, 2.45) is 50.2 Å². The minimum absolute atomic E-state index is 0.0259. The van der Waals surface area contributed by atoms with Gasteiger partial charge in [0.15, 0.2) is 5.78 Å². The van der Waals surface area contributed by atoms with Crippen molar-refractivity contribution >= 4 is 34.3 Å². The Morgan fingerprint density at radius 3 is 2.36 bits per heavy atom. The van der Waals surface area contributed by atoms with Gasteiger partial charge in [0.2, 0.25) is 11.0 Å². The highest BCUT2D eigenvalue weighted by molar-refractivity contribution is 7.09. The largest absolute Gasteiger partial charge is 0.462 e. The quantitative estimate of drug-likeness (QED) is 0.383. The average Bonchev–Trinajstić information content (AvgIpc) is 3.41. The number of amides is 1. The number of fused-ring (bicyclic) bond motifs is 7. The highest BCUT2D eigenvalue weighted by atomic mass is 32.1. The number of carbonyl (C=O) groups excluding carboxylic acids is 3. The Morgan fingerprint density at radius 1 is 0.976 bits per heavy atom. The molecule has 4 saturated carbocycles. The number of ketones is 1. The first-order valence-electron chi connectivity index (χ1n) is 15.9. The van der Waals surface area contributed by atoms with Crippen LogP contribution in [-0.2, 0) is 19.1 Å². The molecular formula is C33H48N4O4S. The molecule has 0 bridgehead atoms. The van der Waals surface area contributed by atoms with Crippen LogP contribution in [0.25, 0.3) is 0 Å². The summed E-state index contributed by atoms with van der Waals surface area (Å²) in [6.07, 6.45) is 10.3. The molecule has 0 saturated heterocycles. The average molecular weight is 597 g/mol. The van der Waals surface area contributed by atoms with E-state index in [0.717, 1.165) is 69.3 Å². The van der Waals surface area contributed by atoms with E-state index in [1.807, 2.05) is 0 Å². The van der Waals surface area contributed by atoms with Gasteiger partial charge >= 0.3 is 5.97 Å². The molecule has 0 aliphatic heterocycles. The zero-order chi connectivity index (χ0) is 30.5. The molecule has 9 atom stereocenters. The Hall–Kier alpha value is -2.16. The Labute approximate surface area is 254 Å². The van der Waals surface area contributed by atoms with E-state index in [2.05, 4.69) is 74.7 Å². The lowest BCUT2D eigenvalue weighted by atomic mass is 9.33. The lowest BCUT2D eigenvalue weighted by Gasteiger charge is -2.70. The van der Waals surface area contributed by atoms with Crippen LogP contribution in [-0.4, -0.2) is 38.6 Å². The van der Waals surface area contributed by atoms with Crippen molar-refractivity contribution in [3.8, 4) is 0 Å². The van der Waals surface area contributed by atoms with Gasteiger partial charge in [-0.2, -0.15) is 0 Å². The number of ether oxygens (including phenoxy) is 1. The van der Waals surface area contributed by atoms with Crippen LogP contribution in [0.15, 0.2) is 11.6 Å². The van der Waals surface area contributed by atoms with E-state index in [4.69, 9.17) is 4.74 Å². The zero-order valence-corrected chi connectivity index (χ0v) is 27.5. The topological polar surface area (TPSA) is 111 Å². The number of nitrogens with zero attached hydrogens (tertiary/aromatic N) is 3. The SMILES string of the molecule is CC(=O)OC1CCC2(C)C(CCC3(C)C2C(=O)C=C2C4CC(C)(C(=O)Nc5nnns5)CCC4(C)CCC23C)C1(C)C. The maximum absolute atomic E-state index is 14.6. The second-order valence-electron chi connectivity index (χ2n) is 16.3. The van der Waals surface area contributed by atoms with Gasteiger partial charge in [-0.1, -0.05) is 63.6 Å². The normalized spacial score (nSPS) is 45.8. The molecule has 6 rings (SSSR count). The number of anilines is 1. The van der Waals surface area contributed by atoms with E-state index >= 15 is 0 Å². The summed E-state index contributed by atoms with van der Waals surface area (Å²) in [7, 11) is 0. The number of rotatable bonds is 3. The molecule has 1 aromatic heterocycles. The van der Waals surface area contributed by atoms with Crippen LogP contribution < -0.4 is 5.32 Å². The predicted octanol–water partition coefficient (Wildman–Crippen LogP) is 6.78. The molecule has 230 valence electrons. The van der Waals surface area contributed by atoms with Gasteiger partial charge in [-0.25, -0.2) is 0 Å². The van der Waals surface area contributed by atoms with Crippen molar-refractivity contribution in [2.45, 2.75) is 119 Å². The van der Waals surface area contributed by atoms with Crippen LogP contribution in [0, 0.1) is 50.2 Å². The highest BCUT2D eigenvalue weighted by Gasteiger charge is 2.70. The maximum Gasteiger partial charge on any atom is 0.302 e. The summed E-state index contributed by atoms with van der Waals surface area (Å²) in [4.78, 5) is 40.1. The van der Waals surface area contributed by atoms with Crippen molar-refractivity contribution in [2.75, 3.05) is 5.32 Å². The van der Waals surface area contributed by atoms with Crippen molar-refractivity contribution in [1.82, 2.24) is 14.8 Å². The van der Waals surface area contributed by atoms with E-state index in [0.29, 0.717) is 11.0 Å². The number of hydrogen-bond acceptors (Lipinski definition) is 8. The van der Waals surface area contributed by atoms with E-state index < -0.39 is 5.41 Å². The lowest BCUT2D eigenvalue weighted by molar-refractivity contribution is -0.210. The van der Waals surface area contributed by atoms with Gasteiger partial charge in [-0.3, -0.25) is 19.7 Å². The summed E-state index contributed by atoms with van der Waals surface area (Å²) in [5, 5.41) is 11.0. The molecule has 0 radical (unpaired) electrons. The molecule has 42 heavy (non-hydrogen) atoms. The Bertz CT molecular complexity index is 1340. The van der Waals surface area contributed by atoms with Gasteiger partial charge in [0.25, 0.3) is 0 Å². The maximum atomic E-state index is 14.6. The molecule has 1 N–H and O–H groups in total. The minimum Gasteiger partial charge on any atom is -0.462 e. The summed E-state index contributed by atoms with van der Waals surface area (Å²) in [6.45, 7) is 17.7. The monoisotopic (exact) mass is 596 g/mol. The van der Waals surface area contributed by atoms with Crippen LogP contribution in [0.5, 0.6) is 0 Å². The van der Waals surface area contributed by atoms with Gasteiger partial charge in [-0.05, 0) is 103 Å². The first-order valence-corrected chi connectivity index (χ1v) is 16.7. The Kier molecular flexibility index (Phi) is 6.70. The van der Waals surface area contributed by atoms with E-state index in [-0.39, 0.29) is 62.7 Å². The smallest absolute Gasteiger partial charge is 0.302 e. The summed E-state index contributed by atoms with van der Waals surface area (Å²) < 4.78 is 9.65. The van der Waals surface area contributed by atoms with Crippen molar-refractivity contribution in [3.05, 3.63) is 11.6 Å². The van der Waals surface area contributed by atoms with E-state index in [1.54, 1.807) is 0 Å². The van der Waals surface area contributed by atoms with Crippen LogP contribution in [0.1, 0.15) is 113 Å². The zero-order valence-electron chi connectivity index (χ0n) is 26.6. The molecule has 1 heterocycles. The molecular weight excluding hydrogens is 548 g/mol. The summed E-state index contributed by atoms with van der Waals surface area (Å²) in [6, 6.07) is 0. The molecule has 9 heteroatoms. The Morgan fingerprint density at radius 2 is 1.69 bits per heavy atom. The first kappa shape index (κ1) is 29.9. The fourth-order valence-corrected chi connectivity index (χ4v) is 11.6. The third-order valence-electron chi connectivity index (χ3n) is 13.9. The van der Waals surface area contributed by atoms with Gasteiger partial charge in [-0.15, -0.1) is 0 Å². The van der Waals surface area contributed by atoms with E-state index in [9.17, 15) is 14.4 Å². The van der Waals surface area contributed by atoms with Crippen molar-refractivity contribution in [1.29, 1.82) is 0 Å². The summed E-state index contributed by atoms with van der Waals surface area (Å²) in [5.74, 6) is 0.444. The van der Waals surface area contributed by atoms with Crippen molar-refractivity contribution < 1.29 is 19.1 Å². The molecule has 9 unspecified atom stereocenters. The standard InChI is InChI=1S/C33H48N4O4S/c1-19(38)41-24-10-11-31(6)23(28(24,2)3)9-12-33(8)25(31)22(39)17-20-21-18-30(5,26(40)34-27-35-36-37-42-27)14-13-29(21,4)15-16-32(20,33)7/h17,21,23-25H,9-16,18H2,1-8H3,(H,34,35,37,40). The number of carbonyl (C=O) groups is 3. The second-order valence-corrected chi connectivity index (χ2v) is 17.1. The molecule has 1 amide bonds. The second kappa shape index (κ2) is 9.42. The number of allylic oxidation sites excluding steroid dienone is 2. The molecule has 0 aromatic carbocycles. The predicted molar refractivity (Wildman–Crippen MR) is 161 cm³/mol. The number of esters is 1. The number of hydrogen-bond donors (Lipinski definition) is 1. The lowest BCUT2D eigenvalue weighted by Crippen LogP contribution is -2.66. The fourth-order valence-electron chi connectivity index (χ4n) is 11.2. The number of nitrogens with one attached hydrogen (secondary N) is 1. The molecule has 8 nitrogen and oxygen atoms in total. The third-order valence-corrected chi connectivity index (χ3v) is 14.4. The molecule has 1 aromatic rings. The summed E-state index contributed by atoms with van der Waals surface area (Å²) in [5.41, 5.74) is 0.177. The Balaban J connectivity index is 1.36. The minimum atomic E-state index is -0.557. The molecule has 5 aliphatic rings. The van der Waals surface area contributed by atoms with E-state index in [1.165, 1.54) is 12.5 Å². The fraction of sp³-hybridized carbons (Fsp3) is 0.818. The van der Waals surface area contributed by atoms with Crippen LogP contribution in [0.2, 0.25) is 0 Å². The summed E-state index contributed by atoms with van der Waals surface area (Å²) >= 11 is 1.09. The third kappa shape index (κ3) is 4.03. The first-order chi connectivity index (χ1) is 19.5. The van der Waals surface area contributed by atoms with Gasteiger partial charge < -0.3 is 4.74 Å². The molecule has 5 aliphatic carbocycles. The van der Waals surface area contributed by atoms with Crippen LogP contribution >= 0.6 is 11.5 Å². The highest BCUT2D eigenvalue weighted by Crippen LogP contribution is 2.75. The van der Waals surface area contributed by atoms with Gasteiger partial charge in [0.1, 0.15) is 6.10 Å². The van der Waals surface area contributed by atoms with Gasteiger partial charge in [0, 0.05) is 35.2 Å².